The molecule has 1 nitrogen and oxygen atoms in total. The zero-order chi connectivity index (χ0) is 36.4. The predicted octanol–water partition coefficient (Wildman–Crippen LogP) is 14.1. The van der Waals surface area contributed by atoms with Crippen LogP contribution in [0.3, 0.4) is 0 Å². The van der Waals surface area contributed by atoms with Crippen LogP contribution in [0, 0.1) is 0 Å². The van der Waals surface area contributed by atoms with Crippen molar-refractivity contribution < 1.29 is 0 Å². The molecule has 2 aliphatic rings. The van der Waals surface area contributed by atoms with E-state index in [4.69, 9.17) is 0 Å². The highest BCUT2D eigenvalue weighted by molar-refractivity contribution is 5.89. The molecule has 0 saturated heterocycles. The van der Waals surface area contributed by atoms with E-state index in [0.717, 1.165) is 17.1 Å². The van der Waals surface area contributed by atoms with E-state index in [9.17, 15) is 0 Å². The molecule has 8 aromatic carbocycles. The summed E-state index contributed by atoms with van der Waals surface area (Å²) in [6.07, 6.45) is 0. The third-order valence-corrected chi connectivity index (χ3v) is 12.2. The topological polar surface area (TPSA) is 3.24 Å². The zero-order valence-corrected chi connectivity index (χ0v) is 30.9. The predicted molar refractivity (Wildman–Crippen MR) is 227 cm³/mol. The van der Waals surface area contributed by atoms with Crippen LogP contribution in [0.1, 0.15) is 48.6 Å². The summed E-state index contributed by atoms with van der Waals surface area (Å²) in [6.45, 7) is 7.15. The van der Waals surface area contributed by atoms with Crippen LogP contribution in [-0.2, 0) is 10.8 Å². The molecule has 10 rings (SSSR count). The van der Waals surface area contributed by atoms with Gasteiger partial charge in [-0.15, -0.1) is 0 Å². The lowest BCUT2D eigenvalue weighted by atomic mass is 9.74. The molecule has 0 bridgehead atoms. The van der Waals surface area contributed by atoms with Gasteiger partial charge in [-0.1, -0.05) is 166 Å². The average Bonchev–Trinajstić information content (AvgIpc) is 3.63. The third-order valence-electron chi connectivity index (χ3n) is 12.2. The summed E-state index contributed by atoms with van der Waals surface area (Å²) in [5.74, 6) is 0. The second-order valence-electron chi connectivity index (χ2n) is 15.5. The average molecular weight is 692 g/mol. The summed E-state index contributed by atoms with van der Waals surface area (Å²) in [6, 6.07) is 71.6. The van der Waals surface area contributed by atoms with Crippen molar-refractivity contribution in [2.24, 2.45) is 0 Å². The monoisotopic (exact) mass is 691 g/mol. The first-order valence-electron chi connectivity index (χ1n) is 19.0. The van der Waals surface area contributed by atoms with Crippen molar-refractivity contribution in [3.63, 3.8) is 0 Å². The number of hydrogen-bond acceptors (Lipinski definition) is 1. The summed E-state index contributed by atoms with van der Waals surface area (Å²) >= 11 is 0. The molecule has 0 saturated carbocycles. The molecule has 0 fully saturated rings. The maximum atomic E-state index is 2.45. The van der Waals surface area contributed by atoms with Gasteiger partial charge in [0.25, 0.3) is 0 Å². The molecule has 0 unspecified atom stereocenters. The molecule has 0 atom stereocenters. The maximum Gasteiger partial charge on any atom is 0.0465 e. The van der Waals surface area contributed by atoms with E-state index in [1.165, 1.54) is 72.3 Å². The minimum atomic E-state index is -0.288. The second-order valence-corrected chi connectivity index (χ2v) is 15.5. The van der Waals surface area contributed by atoms with Crippen molar-refractivity contribution in [3.05, 3.63) is 222 Å². The largest absolute Gasteiger partial charge is 0.310 e. The summed E-state index contributed by atoms with van der Waals surface area (Å²) < 4.78 is 0. The van der Waals surface area contributed by atoms with Gasteiger partial charge in [-0.05, 0) is 122 Å². The van der Waals surface area contributed by atoms with Gasteiger partial charge in [0.2, 0.25) is 0 Å². The van der Waals surface area contributed by atoms with Gasteiger partial charge in [0.15, 0.2) is 0 Å². The Balaban J connectivity index is 1.13. The Morgan fingerprint density at radius 2 is 0.833 bits per heavy atom. The summed E-state index contributed by atoms with van der Waals surface area (Å²) in [7, 11) is 0. The van der Waals surface area contributed by atoms with Crippen LogP contribution in [0.4, 0.5) is 17.1 Å². The van der Waals surface area contributed by atoms with Crippen LogP contribution < -0.4 is 4.90 Å². The van der Waals surface area contributed by atoms with Gasteiger partial charge >= 0.3 is 0 Å². The molecular formula is C53H41N. The van der Waals surface area contributed by atoms with Gasteiger partial charge in [-0.2, -0.15) is 0 Å². The van der Waals surface area contributed by atoms with E-state index >= 15 is 0 Å². The summed E-state index contributed by atoms with van der Waals surface area (Å²) in [5, 5.41) is 0. The molecule has 0 radical (unpaired) electrons. The number of nitrogens with zero attached hydrogens (tertiary/aromatic N) is 1. The van der Waals surface area contributed by atoms with E-state index in [1.807, 2.05) is 0 Å². The highest BCUT2D eigenvalue weighted by atomic mass is 15.1. The molecule has 0 amide bonds. The fourth-order valence-corrected chi connectivity index (χ4v) is 9.29. The second kappa shape index (κ2) is 12.3. The van der Waals surface area contributed by atoms with Crippen molar-refractivity contribution in [1.29, 1.82) is 0 Å². The quantitative estimate of drug-likeness (QED) is 0.168. The highest BCUT2D eigenvalue weighted by Crippen LogP contribution is 2.54. The fraction of sp³-hybridized carbons (Fsp3) is 0.0943. The molecular weight excluding hydrogens is 651 g/mol. The van der Waals surface area contributed by atoms with Crippen molar-refractivity contribution in [2.45, 2.75) is 31.6 Å². The molecule has 0 heterocycles. The van der Waals surface area contributed by atoms with E-state index in [1.54, 1.807) is 0 Å². The van der Waals surface area contributed by atoms with Gasteiger partial charge in [-0.25, -0.2) is 0 Å². The minimum absolute atomic E-state index is 0.147. The van der Waals surface area contributed by atoms with Gasteiger partial charge < -0.3 is 4.90 Å². The van der Waals surface area contributed by atoms with E-state index in [0.29, 0.717) is 0 Å². The number of benzene rings is 8. The van der Waals surface area contributed by atoms with Gasteiger partial charge in [0.05, 0.1) is 0 Å². The van der Waals surface area contributed by atoms with Crippen molar-refractivity contribution >= 4 is 17.1 Å². The third kappa shape index (κ3) is 4.92. The number of anilines is 3. The summed E-state index contributed by atoms with van der Waals surface area (Å²) in [5.41, 5.74) is 19.9. The van der Waals surface area contributed by atoms with Crippen LogP contribution in [-0.4, -0.2) is 0 Å². The maximum absolute atomic E-state index is 2.45. The Hall–Kier alpha value is -6.44. The van der Waals surface area contributed by atoms with Crippen molar-refractivity contribution in [3.8, 4) is 44.5 Å². The SMILES string of the molecule is CC1(C)c2ccc(-c3ccccc3)cc2-c2ccc(N(c3ccc(-c4ccccc4)cc3)c3cccc(C4(C)c5ccccc5-c5ccccc54)c3)cc21. The molecule has 0 N–H and O–H groups in total. The van der Waals surface area contributed by atoms with Crippen LogP contribution in [0.25, 0.3) is 44.5 Å². The highest BCUT2D eigenvalue weighted by Gasteiger charge is 2.41. The molecule has 1 heteroatoms. The Bertz CT molecular complexity index is 2640. The van der Waals surface area contributed by atoms with Gasteiger partial charge in [0.1, 0.15) is 0 Å². The Morgan fingerprint density at radius 1 is 0.315 bits per heavy atom. The van der Waals surface area contributed by atoms with Crippen LogP contribution in [0.2, 0.25) is 0 Å². The summed E-state index contributed by atoms with van der Waals surface area (Å²) in [4.78, 5) is 2.45. The van der Waals surface area contributed by atoms with Gasteiger partial charge in [0, 0.05) is 27.9 Å². The fourth-order valence-electron chi connectivity index (χ4n) is 9.29. The molecule has 0 spiro atoms. The molecule has 2 aliphatic carbocycles. The minimum Gasteiger partial charge on any atom is -0.310 e. The molecule has 0 aromatic heterocycles. The standard InChI is InChI=1S/C53H41N/c1-52(2)48-32-27-39(37-17-8-5-9-18-37)33-47(48)46-31-30-43(35-51(46)52)54(41-28-25-38(26-29-41)36-15-6-4-7-16-36)42-20-14-19-40(34-42)53(3)49-23-12-10-21-44(49)45-22-11-13-24-50(45)53/h4-35H,1-3H3. The smallest absolute Gasteiger partial charge is 0.0465 e. The first kappa shape index (κ1) is 32.2. The normalized spacial score (nSPS) is 14.1. The van der Waals surface area contributed by atoms with Crippen molar-refractivity contribution in [2.75, 3.05) is 4.90 Å². The van der Waals surface area contributed by atoms with E-state index < -0.39 is 0 Å². The van der Waals surface area contributed by atoms with Crippen LogP contribution in [0.5, 0.6) is 0 Å². The molecule has 258 valence electrons. The van der Waals surface area contributed by atoms with E-state index in [-0.39, 0.29) is 10.8 Å². The zero-order valence-electron chi connectivity index (χ0n) is 30.9. The Labute approximate surface area is 318 Å². The first-order chi connectivity index (χ1) is 26.4. The molecule has 8 aromatic rings. The van der Waals surface area contributed by atoms with Crippen LogP contribution in [0.15, 0.2) is 194 Å². The Kier molecular flexibility index (Phi) is 7.35. The lowest BCUT2D eigenvalue weighted by Gasteiger charge is -2.32. The Morgan fingerprint density at radius 3 is 1.50 bits per heavy atom. The van der Waals surface area contributed by atoms with Crippen molar-refractivity contribution in [1.82, 2.24) is 0 Å². The molecule has 0 aliphatic heterocycles. The molecule has 54 heavy (non-hydrogen) atoms. The number of fused-ring (bicyclic) bond motifs is 6. The number of rotatable bonds is 6. The lowest BCUT2D eigenvalue weighted by Crippen LogP contribution is -2.23. The van der Waals surface area contributed by atoms with E-state index in [2.05, 4.69) is 220 Å². The lowest BCUT2D eigenvalue weighted by molar-refractivity contribution is 0.660. The first-order valence-corrected chi connectivity index (χ1v) is 19.0. The van der Waals surface area contributed by atoms with Gasteiger partial charge in [-0.3, -0.25) is 0 Å². The van der Waals surface area contributed by atoms with Crippen LogP contribution >= 0.6 is 0 Å². The number of hydrogen-bond donors (Lipinski definition) is 0.